The zero-order chi connectivity index (χ0) is 14.8. The minimum atomic E-state index is -0.253. The molecule has 2 saturated carbocycles. The van der Waals surface area contributed by atoms with Gasteiger partial charge < -0.3 is 16.8 Å². The number of nitrogens with two attached hydrogens (primary N) is 2. The second-order valence-corrected chi connectivity index (χ2v) is 6.98. The van der Waals surface area contributed by atoms with Gasteiger partial charge in [0.15, 0.2) is 0 Å². The first-order valence-corrected chi connectivity index (χ1v) is 8.31. The van der Waals surface area contributed by atoms with Gasteiger partial charge in [-0.05, 0) is 50.4 Å². The van der Waals surface area contributed by atoms with Crippen LogP contribution in [-0.4, -0.2) is 24.0 Å². The van der Waals surface area contributed by atoms with Crippen LogP contribution in [0.1, 0.15) is 58.8 Å². The van der Waals surface area contributed by atoms with Gasteiger partial charge in [0, 0.05) is 24.0 Å². The summed E-state index contributed by atoms with van der Waals surface area (Å²) in [5.74, 6) is 1.46. The zero-order valence-electron chi connectivity index (χ0n) is 13.0. The molecule has 2 fully saturated rings. The van der Waals surface area contributed by atoms with Crippen LogP contribution >= 0.6 is 0 Å². The molecule has 0 heterocycles. The van der Waals surface area contributed by atoms with Crippen LogP contribution in [-0.2, 0) is 4.79 Å². The first kappa shape index (κ1) is 15.8. The standard InChI is InChI=1S/C16H31N3O/c1-3-16(18,4-2)10-19-15(20)13-8-11-6-5-7-12(9-13)14(11)17/h11-14H,3-10,17-18H2,1-2H3,(H,19,20). The van der Waals surface area contributed by atoms with Crippen molar-refractivity contribution in [3.63, 3.8) is 0 Å². The third-order valence-corrected chi connectivity index (χ3v) is 5.81. The van der Waals surface area contributed by atoms with Gasteiger partial charge in [-0.25, -0.2) is 0 Å². The summed E-state index contributed by atoms with van der Waals surface area (Å²) in [5, 5.41) is 3.09. The fourth-order valence-corrected chi connectivity index (χ4v) is 3.91. The van der Waals surface area contributed by atoms with Crippen molar-refractivity contribution in [2.75, 3.05) is 6.54 Å². The smallest absolute Gasteiger partial charge is 0.223 e. The molecule has 2 atom stereocenters. The number of hydrogen-bond donors (Lipinski definition) is 3. The first-order valence-electron chi connectivity index (χ1n) is 8.31. The molecule has 0 spiro atoms. The third-order valence-electron chi connectivity index (χ3n) is 5.81. The zero-order valence-corrected chi connectivity index (χ0v) is 13.0. The fraction of sp³-hybridized carbons (Fsp3) is 0.938. The van der Waals surface area contributed by atoms with Crippen LogP contribution in [0.15, 0.2) is 0 Å². The average Bonchev–Trinajstić information content (AvgIpc) is 2.44. The molecule has 2 rings (SSSR count). The number of carbonyl (C=O) groups excluding carboxylic acids is 1. The van der Waals surface area contributed by atoms with E-state index in [0.717, 1.165) is 25.7 Å². The van der Waals surface area contributed by atoms with E-state index in [1.807, 2.05) is 0 Å². The van der Waals surface area contributed by atoms with E-state index in [0.29, 0.717) is 24.4 Å². The molecule has 2 aliphatic rings. The van der Waals surface area contributed by atoms with Crippen LogP contribution in [0.5, 0.6) is 0 Å². The van der Waals surface area contributed by atoms with Crippen LogP contribution in [0.3, 0.4) is 0 Å². The molecule has 5 N–H and O–H groups in total. The Hall–Kier alpha value is -0.610. The van der Waals surface area contributed by atoms with Gasteiger partial charge in [0.1, 0.15) is 0 Å². The molecule has 1 amide bonds. The Labute approximate surface area is 123 Å². The van der Waals surface area contributed by atoms with Crippen molar-refractivity contribution in [2.45, 2.75) is 70.4 Å². The molecule has 0 aromatic heterocycles. The predicted octanol–water partition coefficient (Wildman–Crippen LogP) is 1.77. The lowest BCUT2D eigenvalue weighted by Gasteiger charge is -2.43. The van der Waals surface area contributed by atoms with Crippen molar-refractivity contribution in [3.05, 3.63) is 0 Å². The van der Waals surface area contributed by atoms with Crippen molar-refractivity contribution in [2.24, 2.45) is 29.2 Å². The molecule has 116 valence electrons. The lowest BCUT2D eigenvalue weighted by Crippen LogP contribution is -2.53. The van der Waals surface area contributed by atoms with Crippen molar-refractivity contribution in [1.29, 1.82) is 0 Å². The molecule has 2 bridgehead atoms. The van der Waals surface area contributed by atoms with Gasteiger partial charge >= 0.3 is 0 Å². The van der Waals surface area contributed by atoms with Gasteiger partial charge in [-0.3, -0.25) is 4.79 Å². The van der Waals surface area contributed by atoms with Gasteiger partial charge in [-0.2, -0.15) is 0 Å². The summed E-state index contributed by atoms with van der Waals surface area (Å²) in [4.78, 5) is 12.4. The molecule has 0 aromatic carbocycles. The second kappa shape index (κ2) is 6.44. The number of hydrogen-bond acceptors (Lipinski definition) is 3. The SMILES string of the molecule is CCC(N)(CC)CNC(=O)C1CC2CCCC(C1)C2N. The summed E-state index contributed by atoms with van der Waals surface area (Å²) < 4.78 is 0. The molecule has 4 heteroatoms. The summed E-state index contributed by atoms with van der Waals surface area (Å²) in [5.41, 5.74) is 12.3. The third kappa shape index (κ3) is 3.34. The highest BCUT2D eigenvalue weighted by Crippen LogP contribution is 2.41. The van der Waals surface area contributed by atoms with E-state index in [2.05, 4.69) is 19.2 Å². The Morgan fingerprint density at radius 1 is 1.20 bits per heavy atom. The minimum absolute atomic E-state index is 0.156. The summed E-state index contributed by atoms with van der Waals surface area (Å²) in [6.45, 7) is 4.76. The number of carbonyl (C=O) groups is 1. The van der Waals surface area contributed by atoms with Crippen LogP contribution in [0, 0.1) is 17.8 Å². The van der Waals surface area contributed by atoms with Crippen molar-refractivity contribution < 1.29 is 4.79 Å². The number of amides is 1. The molecule has 4 nitrogen and oxygen atoms in total. The maximum atomic E-state index is 12.4. The van der Waals surface area contributed by atoms with Crippen molar-refractivity contribution >= 4 is 5.91 Å². The highest BCUT2D eigenvalue weighted by molar-refractivity contribution is 5.78. The summed E-state index contributed by atoms with van der Waals surface area (Å²) in [6, 6.07) is 0.327. The Morgan fingerprint density at radius 2 is 1.75 bits per heavy atom. The molecular weight excluding hydrogens is 250 g/mol. The first-order chi connectivity index (χ1) is 9.49. The Morgan fingerprint density at radius 3 is 2.25 bits per heavy atom. The van der Waals surface area contributed by atoms with E-state index in [4.69, 9.17) is 11.5 Å². The number of rotatable bonds is 5. The maximum Gasteiger partial charge on any atom is 0.223 e. The molecule has 2 aliphatic carbocycles. The molecule has 0 saturated heterocycles. The topological polar surface area (TPSA) is 81.1 Å². The Bertz CT molecular complexity index is 327. The van der Waals surface area contributed by atoms with E-state index in [-0.39, 0.29) is 17.4 Å². The van der Waals surface area contributed by atoms with Crippen LogP contribution < -0.4 is 16.8 Å². The highest BCUT2D eigenvalue weighted by Gasteiger charge is 2.40. The van der Waals surface area contributed by atoms with Crippen molar-refractivity contribution in [1.82, 2.24) is 5.32 Å². The summed E-state index contributed by atoms with van der Waals surface area (Å²) in [7, 11) is 0. The maximum absolute atomic E-state index is 12.4. The largest absolute Gasteiger partial charge is 0.354 e. The molecular formula is C16H31N3O. The molecule has 2 unspecified atom stereocenters. The predicted molar refractivity (Wildman–Crippen MR) is 82.0 cm³/mol. The van der Waals surface area contributed by atoms with E-state index >= 15 is 0 Å². The lowest BCUT2D eigenvalue weighted by atomic mass is 9.65. The van der Waals surface area contributed by atoms with Gasteiger partial charge in [-0.1, -0.05) is 20.3 Å². The molecule has 20 heavy (non-hydrogen) atoms. The van der Waals surface area contributed by atoms with E-state index in [9.17, 15) is 4.79 Å². The van der Waals surface area contributed by atoms with Crippen LogP contribution in [0.25, 0.3) is 0 Å². The Balaban J connectivity index is 1.87. The van der Waals surface area contributed by atoms with E-state index in [1.165, 1.54) is 19.3 Å². The minimum Gasteiger partial charge on any atom is -0.354 e. The van der Waals surface area contributed by atoms with E-state index in [1.54, 1.807) is 0 Å². The highest BCUT2D eigenvalue weighted by atomic mass is 16.1. The van der Waals surface area contributed by atoms with Gasteiger partial charge in [-0.15, -0.1) is 0 Å². The van der Waals surface area contributed by atoms with Crippen molar-refractivity contribution in [3.8, 4) is 0 Å². The second-order valence-electron chi connectivity index (χ2n) is 6.98. The molecule has 0 aliphatic heterocycles. The van der Waals surface area contributed by atoms with Crippen LogP contribution in [0.2, 0.25) is 0 Å². The number of nitrogens with one attached hydrogen (secondary N) is 1. The average molecular weight is 281 g/mol. The summed E-state index contributed by atoms with van der Waals surface area (Å²) in [6.07, 6.45) is 7.42. The fourth-order valence-electron chi connectivity index (χ4n) is 3.91. The quantitative estimate of drug-likeness (QED) is 0.718. The lowest BCUT2D eigenvalue weighted by molar-refractivity contribution is -0.128. The van der Waals surface area contributed by atoms with Crippen LogP contribution in [0.4, 0.5) is 0 Å². The summed E-state index contributed by atoms with van der Waals surface area (Å²) >= 11 is 0. The normalized spacial score (nSPS) is 33.8. The Kier molecular flexibility index (Phi) is 5.08. The van der Waals surface area contributed by atoms with E-state index < -0.39 is 0 Å². The van der Waals surface area contributed by atoms with Gasteiger partial charge in [0.2, 0.25) is 5.91 Å². The number of fused-ring (bicyclic) bond motifs is 2. The molecule has 0 radical (unpaired) electrons. The van der Waals surface area contributed by atoms with Gasteiger partial charge in [0.25, 0.3) is 0 Å². The molecule has 0 aromatic rings. The monoisotopic (exact) mass is 281 g/mol. The van der Waals surface area contributed by atoms with Gasteiger partial charge in [0.05, 0.1) is 0 Å².